The number of ether oxygens (including phenoxy) is 1. The number of benzene rings is 2. The number of nitrogens with zero attached hydrogens (tertiary/aromatic N) is 2. The molecule has 0 bridgehead atoms. The van der Waals surface area contributed by atoms with E-state index in [2.05, 4.69) is 6.92 Å². The fraction of sp³-hybridized carbons (Fsp3) is 0.375. The van der Waals surface area contributed by atoms with E-state index < -0.39 is 23.6 Å². The smallest absolute Gasteiger partial charge is 0.256 e. The third-order valence-corrected chi connectivity index (χ3v) is 6.21. The molecule has 1 atom stereocenters. The number of carboxylic acids is 1. The molecule has 2 aromatic carbocycles. The van der Waals surface area contributed by atoms with Gasteiger partial charge in [0.1, 0.15) is 5.72 Å². The molecule has 0 aliphatic carbocycles. The predicted octanol–water partition coefficient (Wildman–Crippen LogP) is 1.47. The van der Waals surface area contributed by atoms with Crippen LogP contribution in [0.4, 0.5) is 0 Å². The number of amides is 2. The third kappa shape index (κ3) is 3.93. The SMILES string of the molecule is CCc1ccc(C(=O)N2CCC3(CC2)OC[C@H](C(=O)[O-])N3C(=O)c2ccccc2)cc1. The Bertz CT molecular complexity index is 965. The van der Waals surface area contributed by atoms with E-state index in [1.54, 1.807) is 35.2 Å². The molecule has 0 unspecified atom stereocenters. The molecule has 2 heterocycles. The summed E-state index contributed by atoms with van der Waals surface area (Å²) < 4.78 is 5.92. The van der Waals surface area contributed by atoms with Crippen molar-refractivity contribution < 1.29 is 24.2 Å². The van der Waals surface area contributed by atoms with Gasteiger partial charge in [0.2, 0.25) is 0 Å². The van der Waals surface area contributed by atoms with Crippen LogP contribution in [0.3, 0.4) is 0 Å². The molecule has 2 aromatic rings. The molecule has 0 radical (unpaired) electrons. The molecular weight excluding hydrogens is 396 g/mol. The summed E-state index contributed by atoms with van der Waals surface area (Å²) in [7, 11) is 0. The third-order valence-electron chi connectivity index (χ3n) is 6.21. The molecule has 2 aliphatic rings. The molecular formula is C24H25N2O5-. The topological polar surface area (TPSA) is 90.0 Å². The zero-order valence-corrected chi connectivity index (χ0v) is 17.5. The van der Waals surface area contributed by atoms with E-state index >= 15 is 0 Å². The lowest BCUT2D eigenvalue weighted by Gasteiger charge is -2.45. The van der Waals surface area contributed by atoms with Crippen LogP contribution in [-0.2, 0) is 16.0 Å². The summed E-state index contributed by atoms with van der Waals surface area (Å²) in [5, 5.41) is 11.7. The Labute approximate surface area is 181 Å². The van der Waals surface area contributed by atoms with Gasteiger partial charge < -0.3 is 19.5 Å². The van der Waals surface area contributed by atoms with Crippen LogP contribution in [0.25, 0.3) is 0 Å². The van der Waals surface area contributed by atoms with Gasteiger partial charge in [-0.15, -0.1) is 0 Å². The standard InChI is InChI=1S/C24H26N2O5/c1-2-17-8-10-19(11-9-17)21(27)25-14-12-24(13-15-25)26(20(16-31-24)23(29)30)22(28)18-6-4-3-5-7-18/h3-11,20H,2,12-16H2,1H3,(H,29,30)/p-1/t20-/m1/s1. The summed E-state index contributed by atoms with van der Waals surface area (Å²) in [6.07, 6.45) is 1.59. The molecule has 0 aromatic heterocycles. The Morgan fingerprint density at radius 3 is 2.16 bits per heavy atom. The number of rotatable bonds is 4. The van der Waals surface area contributed by atoms with Gasteiger partial charge in [-0.3, -0.25) is 14.5 Å². The maximum Gasteiger partial charge on any atom is 0.256 e. The van der Waals surface area contributed by atoms with Crippen molar-refractivity contribution in [3.05, 3.63) is 71.3 Å². The number of aliphatic carboxylic acids is 1. The van der Waals surface area contributed by atoms with Crippen LogP contribution in [0.1, 0.15) is 46.0 Å². The molecule has 0 saturated carbocycles. The van der Waals surface area contributed by atoms with Crippen molar-refractivity contribution in [3.63, 3.8) is 0 Å². The van der Waals surface area contributed by atoms with Crippen LogP contribution in [-0.4, -0.2) is 59.0 Å². The molecule has 2 amide bonds. The molecule has 0 N–H and O–H groups in total. The van der Waals surface area contributed by atoms with E-state index in [-0.39, 0.29) is 12.5 Å². The Morgan fingerprint density at radius 1 is 0.968 bits per heavy atom. The van der Waals surface area contributed by atoms with Crippen LogP contribution < -0.4 is 5.11 Å². The number of likely N-dealkylation sites (tertiary alicyclic amines) is 1. The lowest BCUT2D eigenvalue weighted by molar-refractivity contribution is -0.310. The number of hydrogen-bond acceptors (Lipinski definition) is 5. The molecule has 4 rings (SSSR count). The van der Waals surface area contributed by atoms with Gasteiger partial charge in [-0.2, -0.15) is 0 Å². The highest BCUT2D eigenvalue weighted by Gasteiger charge is 2.52. The molecule has 31 heavy (non-hydrogen) atoms. The first-order valence-electron chi connectivity index (χ1n) is 10.6. The number of carboxylic acid groups (broad SMARTS) is 1. The van der Waals surface area contributed by atoms with Gasteiger partial charge >= 0.3 is 0 Å². The first kappa shape index (κ1) is 21.1. The summed E-state index contributed by atoms with van der Waals surface area (Å²) in [6, 6.07) is 15.0. The second-order valence-corrected chi connectivity index (χ2v) is 7.98. The first-order chi connectivity index (χ1) is 14.9. The van der Waals surface area contributed by atoms with Crippen molar-refractivity contribution in [2.45, 2.75) is 38.0 Å². The lowest BCUT2D eigenvalue weighted by Crippen LogP contribution is -2.60. The van der Waals surface area contributed by atoms with Crippen molar-refractivity contribution in [2.24, 2.45) is 0 Å². The Balaban J connectivity index is 1.53. The highest BCUT2D eigenvalue weighted by atomic mass is 16.5. The summed E-state index contributed by atoms with van der Waals surface area (Å²) >= 11 is 0. The van der Waals surface area contributed by atoms with Gasteiger partial charge in [0.05, 0.1) is 18.6 Å². The number of hydrogen-bond donors (Lipinski definition) is 0. The average molecular weight is 421 g/mol. The maximum atomic E-state index is 13.2. The predicted molar refractivity (Wildman–Crippen MR) is 111 cm³/mol. The minimum absolute atomic E-state index is 0.0760. The second-order valence-electron chi connectivity index (χ2n) is 7.98. The average Bonchev–Trinajstić information content (AvgIpc) is 3.18. The number of piperidine rings is 1. The zero-order chi connectivity index (χ0) is 22.0. The van der Waals surface area contributed by atoms with Gasteiger partial charge in [-0.1, -0.05) is 37.3 Å². The molecule has 1 spiro atoms. The summed E-state index contributed by atoms with van der Waals surface area (Å²) in [4.78, 5) is 40.9. The normalized spacial score (nSPS) is 20.1. The summed E-state index contributed by atoms with van der Waals surface area (Å²) in [5.74, 6) is -1.81. The molecule has 162 valence electrons. The highest BCUT2D eigenvalue weighted by Crippen LogP contribution is 2.38. The van der Waals surface area contributed by atoms with Crippen LogP contribution in [0.15, 0.2) is 54.6 Å². The molecule has 2 aliphatic heterocycles. The molecule has 7 heteroatoms. The monoisotopic (exact) mass is 421 g/mol. The maximum absolute atomic E-state index is 13.2. The summed E-state index contributed by atoms with van der Waals surface area (Å²) in [5.41, 5.74) is 1.12. The van der Waals surface area contributed by atoms with E-state index in [1.165, 1.54) is 4.90 Å². The van der Waals surface area contributed by atoms with Crippen LogP contribution in [0.2, 0.25) is 0 Å². The minimum Gasteiger partial charge on any atom is -0.548 e. The van der Waals surface area contributed by atoms with Crippen molar-refractivity contribution in [1.82, 2.24) is 9.80 Å². The Kier molecular flexibility index (Phi) is 5.78. The quantitative estimate of drug-likeness (QED) is 0.746. The van der Waals surface area contributed by atoms with Gasteiger partial charge in [0, 0.05) is 37.1 Å². The van der Waals surface area contributed by atoms with E-state index in [4.69, 9.17) is 4.74 Å². The second kappa shape index (κ2) is 8.51. The van der Waals surface area contributed by atoms with Crippen molar-refractivity contribution in [2.75, 3.05) is 19.7 Å². The molecule has 7 nitrogen and oxygen atoms in total. The van der Waals surface area contributed by atoms with Gasteiger partial charge in [0.25, 0.3) is 11.8 Å². The lowest BCUT2D eigenvalue weighted by atomic mass is 9.96. The van der Waals surface area contributed by atoms with E-state index in [9.17, 15) is 19.5 Å². The van der Waals surface area contributed by atoms with Gasteiger partial charge in [-0.25, -0.2) is 0 Å². The molecule has 2 fully saturated rings. The van der Waals surface area contributed by atoms with E-state index in [0.717, 1.165) is 12.0 Å². The van der Waals surface area contributed by atoms with Crippen LogP contribution >= 0.6 is 0 Å². The van der Waals surface area contributed by atoms with Crippen molar-refractivity contribution >= 4 is 17.8 Å². The van der Waals surface area contributed by atoms with Crippen molar-refractivity contribution in [1.29, 1.82) is 0 Å². The Hall–Kier alpha value is -3.19. The minimum atomic E-state index is -1.34. The molecule has 2 saturated heterocycles. The zero-order valence-electron chi connectivity index (χ0n) is 17.5. The highest BCUT2D eigenvalue weighted by molar-refractivity contribution is 5.97. The fourth-order valence-corrected chi connectivity index (χ4v) is 4.39. The number of carbonyl (C=O) groups excluding carboxylic acids is 3. The number of carbonyl (C=O) groups is 3. The van der Waals surface area contributed by atoms with Crippen LogP contribution in [0, 0.1) is 0 Å². The van der Waals surface area contributed by atoms with Gasteiger partial charge in [-0.05, 0) is 36.2 Å². The van der Waals surface area contributed by atoms with E-state index in [1.807, 2.05) is 24.3 Å². The Morgan fingerprint density at radius 2 is 1.58 bits per heavy atom. The summed E-state index contributed by atoms with van der Waals surface area (Å²) in [6.45, 7) is 2.68. The van der Waals surface area contributed by atoms with Crippen LogP contribution in [0.5, 0.6) is 0 Å². The first-order valence-corrected chi connectivity index (χ1v) is 10.6. The van der Waals surface area contributed by atoms with E-state index in [0.29, 0.717) is 37.1 Å². The van der Waals surface area contributed by atoms with Gasteiger partial charge in [0.15, 0.2) is 0 Å². The fourth-order valence-electron chi connectivity index (χ4n) is 4.39. The largest absolute Gasteiger partial charge is 0.548 e. The van der Waals surface area contributed by atoms with Crippen molar-refractivity contribution in [3.8, 4) is 0 Å². The number of aryl methyl sites for hydroxylation is 1.